The monoisotopic (exact) mass is 321 g/mol. The van der Waals surface area contributed by atoms with Crippen LogP contribution in [0.2, 0.25) is 0 Å². The predicted octanol–water partition coefficient (Wildman–Crippen LogP) is 1.95. The molecule has 1 atom stereocenters. The maximum Gasteiger partial charge on any atom is 0.253 e. The molecule has 2 N–H and O–H groups in total. The molecule has 1 fully saturated rings. The van der Waals surface area contributed by atoms with Crippen LogP contribution in [0.1, 0.15) is 48.4 Å². The molecule has 5 heteroatoms. The fourth-order valence-electron chi connectivity index (χ4n) is 3.43. The van der Waals surface area contributed by atoms with Crippen molar-refractivity contribution in [2.24, 2.45) is 5.92 Å². The molecule has 23 heavy (non-hydrogen) atoms. The smallest absolute Gasteiger partial charge is 0.253 e. The van der Waals surface area contributed by atoms with Gasteiger partial charge in [-0.2, -0.15) is 0 Å². The van der Waals surface area contributed by atoms with Gasteiger partial charge < -0.3 is 19.9 Å². The Labute approximate surface area is 139 Å². The summed E-state index contributed by atoms with van der Waals surface area (Å²) in [7, 11) is 0. The van der Waals surface area contributed by atoms with E-state index in [4.69, 9.17) is 0 Å². The zero-order valence-electron chi connectivity index (χ0n) is 14.9. The van der Waals surface area contributed by atoms with E-state index >= 15 is 0 Å². The molecule has 2 rings (SSSR count). The van der Waals surface area contributed by atoms with E-state index in [1.807, 2.05) is 19.9 Å². The van der Waals surface area contributed by atoms with Crippen LogP contribution in [-0.2, 0) is 6.54 Å². The second-order valence-corrected chi connectivity index (χ2v) is 6.88. The highest BCUT2D eigenvalue weighted by molar-refractivity contribution is 5.95. The molecule has 5 nitrogen and oxygen atoms in total. The molecule has 0 aliphatic carbocycles. The van der Waals surface area contributed by atoms with Crippen LogP contribution in [0.25, 0.3) is 0 Å². The molecule has 0 radical (unpaired) electrons. The average molecular weight is 321 g/mol. The van der Waals surface area contributed by atoms with Crippen molar-refractivity contribution in [3.05, 3.63) is 23.0 Å². The van der Waals surface area contributed by atoms with Crippen molar-refractivity contribution in [3.63, 3.8) is 0 Å². The van der Waals surface area contributed by atoms with Crippen LogP contribution >= 0.6 is 0 Å². The second-order valence-electron chi connectivity index (χ2n) is 6.88. The minimum Gasteiger partial charge on any atom is -0.390 e. The number of piperidine rings is 1. The summed E-state index contributed by atoms with van der Waals surface area (Å²) in [5, 5.41) is 13.1. The number of amides is 1. The number of likely N-dealkylation sites (tertiary alicyclic amines) is 1. The van der Waals surface area contributed by atoms with Gasteiger partial charge in [-0.05, 0) is 58.7 Å². The molecular weight excluding hydrogens is 290 g/mol. The van der Waals surface area contributed by atoms with Crippen LogP contribution in [0, 0.1) is 19.8 Å². The number of carbonyl (C=O) groups is 1. The van der Waals surface area contributed by atoms with Gasteiger partial charge in [0.1, 0.15) is 0 Å². The first kappa shape index (κ1) is 18.0. The summed E-state index contributed by atoms with van der Waals surface area (Å²) in [6.07, 6.45) is 1.88. The Bertz CT molecular complexity index is 531. The molecule has 0 aromatic carbocycles. The number of nitrogens with one attached hydrogen (secondary N) is 1. The molecular formula is C18H31N3O2. The number of aliphatic hydroxyl groups is 1. The highest BCUT2D eigenvalue weighted by atomic mass is 16.3. The SMILES string of the molecule is CCn1c(C)cc(C(=O)NCC(O)CN2CCC(C)CC2)c1C. The fraction of sp³-hybridized carbons (Fsp3) is 0.722. The molecule has 1 aromatic heterocycles. The Balaban J connectivity index is 1.82. The summed E-state index contributed by atoms with van der Waals surface area (Å²) in [6, 6.07) is 1.92. The van der Waals surface area contributed by atoms with Gasteiger partial charge in [0.25, 0.3) is 5.91 Å². The van der Waals surface area contributed by atoms with Crippen LogP contribution in [0.5, 0.6) is 0 Å². The van der Waals surface area contributed by atoms with Crippen molar-refractivity contribution in [2.45, 2.75) is 53.2 Å². The predicted molar refractivity (Wildman–Crippen MR) is 92.8 cm³/mol. The fourth-order valence-corrected chi connectivity index (χ4v) is 3.43. The van der Waals surface area contributed by atoms with Crippen molar-refractivity contribution in [2.75, 3.05) is 26.2 Å². The Hall–Kier alpha value is -1.33. The molecule has 1 aliphatic rings. The summed E-state index contributed by atoms with van der Waals surface area (Å²) in [5.41, 5.74) is 2.79. The quantitative estimate of drug-likeness (QED) is 0.842. The highest BCUT2D eigenvalue weighted by Crippen LogP contribution is 2.16. The number of hydrogen-bond donors (Lipinski definition) is 2. The summed E-state index contributed by atoms with van der Waals surface area (Å²) < 4.78 is 2.13. The molecule has 1 unspecified atom stereocenters. The summed E-state index contributed by atoms with van der Waals surface area (Å²) in [5.74, 6) is 0.695. The van der Waals surface area contributed by atoms with Crippen LogP contribution in [0.15, 0.2) is 6.07 Å². The van der Waals surface area contributed by atoms with Crippen molar-refractivity contribution in [1.82, 2.24) is 14.8 Å². The number of nitrogens with zero attached hydrogens (tertiary/aromatic N) is 2. The minimum atomic E-state index is -0.512. The summed E-state index contributed by atoms with van der Waals surface area (Å²) >= 11 is 0. The van der Waals surface area contributed by atoms with Gasteiger partial charge in [0.15, 0.2) is 0 Å². The molecule has 1 amide bonds. The number of carbonyl (C=O) groups excluding carboxylic acids is 1. The van der Waals surface area contributed by atoms with E-state index in [0.29, 0.717) is 18.7 Å². The van der Waals surface area contributed by atoms with Crippen molar-refractivity contribution in [1.29, 1.82) is 0 Å². The van der Waals surface area contributed by atoms with Gasteiger partial charge in [0.05, 0.1) is 11.7 Å². The molecule has 1 aliphatic heterocycles. The lowest BCUT2D eigenvalue weighted by Gasteiger charge is -2.31. The van der Waals surface area contributed by atoms with Gasteiger partial charge in [0, 0.05) is 31.0 Å². The van der Waals surface area contributed by atoms with Gasteiger partial charge in [-0.1, -0.05) is 6.92 Å². The van der Waals surface area contributed by atoms with E-state index in [-0.39, 0.29) is 5.91 Å². The summed E-state index contributed by atoms with van der Waals surface area (Å²) in [6.45, 7) is 12.2. The topological polar surface area (TPSA) is 57.5 Å². The van der Waals surface area contributed by atoms with E-state index in [1.165, 1.54) is 12.8 Å². The Morgan fingerprint density at radius 3 is 2.61 bits per heavy atom. The number of aliphatic hydroxyl groups excluding tert-OH is 1. The van der Waals surface area contributed by atoms with E-state index in [1.54, 1.807) is 0 Å². The lowest BCUT2D eigenvalue weighted by molar-refractivity contribution is 0.0795. The minimum absolute atomic E-state index is 0.0934. The molecule has 1 aromatic rings. The first-order valence-corrected chi connectivity index (χ1v) is 8.77. The Kier molecular flexibility index (Phi) is 6.25. The molecule has 1 saturated heterocycles. The van der Waals surface area contributed by atoms with Gasteiger partial charge in [0.2, 0.25) is 0 Å². The van der Waals surface area contributed by atoms with E-state index < -0.39 is 6.10 Å². The molecule has 130 valence electrons. The number of aryl methyl sites for hydroxylation is 1. The number of β-amino-alcohol motifs (C(OH)–C–C–N with tert-alkyl or cyclic N) is 1. The van der Waals surface area contributed by atoms with E-state index in [0.717, 1.165) is 36.9 Å². The molecule has 0 bridgehead atoms. The first-order valence-electron chi connectivity index (χ1n) is 8.77. The van der Waals surface area contributed by atoms with E-state index in [9.17, 15) is 9.90 Å². The molecule has 2 heterocycles. The molecule has 0 spiro atoms. The zero-order chi connectivity index (χ0) is 17.0. The molecule has 0 saturated carbocycles. The third kappa shape index (κ3) is 4.58. The number of hydrogen-bond acceptors (Lipinski definition) is 3. The standard InChI is InChI=1S/C18H31N3O2/c1-5-21-14(3)10-17(15(21)4)18(23)19-11-16(22)12-20-8-6-13(2)7-9-20/h10,13,16,22H,5-9,11-12H2,1-4H3,(H,19,23). The largest absolute Gasteiger partial charge is 0.390 e. The van der Waals surface area contributed by atoms with E-state index in [2.05, 4.69) is 28.6 Å². The average Bonchev–Trinajstić information content (AvgIpc) is 2.81. The maximum atomic E-state index is 12.3. The van der Waals surface area contributed by atoms with Gasteiger partial charge in [-0.3, -0.25) is 4.79 Å². The van der Waals surface area contributed by atoms with Crippen LogP contribution in [0.4, 0.5) is 0 Å². The van der Waals surface area contributed by atoms with Crippen molar-refractivity contribution < 1.29 is 9.90 Å². The Morgan fingerprint density at radius 2 is 2.04 bits per heavy atom. The Morgan fingerprint density at radius 1 is 1.39 bits per heavy atom. The van der Waals surface area contributed by atoms with Crippen LogP contribution < -0.4 is 5.32 Å². The number of rotatable bonds is 6. The zero-order valence-corrected chi connectivity index (χ0v) is 14.9. The van der Waals surface area contributed by atoms with Crippen molar-refractivity contribution >= 4 is 5.91 Å². The third-order valence-electron chi connectivity index (χ3n) is 4.98. The van der Waals surface area contributed by atoms with Gasteiger partial charge in [-0.25, -0.2) is 0 Å². The maximum absolute atomic E-state index is 12.3. The lowest BCUT2D eigenvalue weighted by atomic mass is 9.99. The van der Waals surface area contributed by atoms with Gasteiger partial charge >= 0.3 is 0 Å². The van der Waals surface area contributed by atoms with Gasteiger partial charge in [-0.15, -0.1) is 0 Å². The normalized spacial score (nSPS) is 18.1. The first-order chi connectivity index (χ1) is 10.9. The lowest BCUT2D eigenvalue weighted by Crippen LogP contribution is -2.43. The highest BCUT2D eigenvalue weighted by Gasteiger charge is 2.20. The number of aromatic nitrogens is 1. The summed E-state index contributed by atoms with van der Waals surface area (Å²) in [4.78, 5) is 14.6. The van der Waals surface area contributed by atoms with Crippen LogP contribution in [-0.4, -0.2) is 52.8 Å². The second kappa shape index (κ2) is 7.97. The van der Waals surface area contributed by atoms with Crippen molar-refractivity contribution in [3.8, 4) is 0 Å². The van der Waals surface area contributed by atoms with Crippen LogP contribution in [0.3, 0.4) is 0 Å². The third-order valence-corrected chi connectivity index (χ3v) is 4.98.